The van der Waals surface area contributed by atoms with Gasteiger partial charge in [0.2, 0.25) is 0 Å². The van der Waals surface area contributed by atoms with Gasteiger partial charge in [-0.25, -0.2) is 0 Å². The minimum atomic E-state index is 0.168. The lowest BCUT2D eigenvalue weighted by Crippen LogP contribution is -2.19. The monoisotopic (exact) mass is 365 g/mol. The average molecular weight is 367 g/mol. The van der Waals surface area contributed by atoms with Crippen molar-refractivity contribution >= 4 is 27.5 Å². The number of hydrogen-bond donors (Lipinski definition) is 1. The Balaban J connectivity index is 1.94. The van der Waals surface area contributed by atoms with Gasteiger partial charge in [0, 0.05) is 22.0 Å². The second kappa shape index (κ2) is 6.39. The number of benzene rings is 2. The van der Waals surface area contributed by atoms with Crippen LogP contribution < -0.4 is 10.1 Å². The molecule has 2 aromatic carbocycles. The van der Waals surface area contributed by atoms with E-state index in [0.717, 1.165) is 40.3 Å². The summed E-state index contributed by atoms with van der Waals surface area (Å²) in [4.78, 5) is 0. The highest BCUT2D eigenvalue weighted by molar-refractivity contribution is 9.10. The van der Waals surface area contributed by atoms with Gasteiger partial charge in [-0.3, -0.25) is 0 Å². The smallest absolute Gasteiger partial charge is 0.125 e. The first-order valence-corrected chi connectivity index (χ1v) is 8.22. The summed E-state index contributed by atoms with van der Waals surface area (Å²) in [5.41, 5.74) is 3.62. The zero-order valence-electron chi connectivity index (χ0n) is 11.8. The minimum Gasteiger partial charge on any atom is -0.493 e. The van der Waals surface area contributed by atoms with Gasteiger partial charge in [0.05, 0.1) is 6.61 Å². The van der Waals surface area contributed by atoms with Crippen molar-refractivity contribution in [2.24, 2.45) is 0 Å². The number of rotatable bonds is 4. The molecule has 2 aromatic rings. The van der Waals surface area contributed by atoms with Crippen molar-refractivity contribution < 1.29 is 4.74 Å². The SMILES string of the molecule is CNC(Cc1cc(Br)cc2c1OCC2)c1ccccc1Cl. The fourth-order valence-corrected chi connectivity index (χ4v) is 3.66. The summed E-state index contributed by atoms with van der Waals surface area (Å²) in [6, 6.07) is 12.4. The third-order valence-corrected chi connectivity index (χ3v) is 4.68. The Hall–Kier alpha value is -1.03. The van der Waals surface area contributed by atoms with Gasteiger partial charge in [0.25, 0.3) is 0 Å². The molecule has 0 spiro atoms. The van der Waals surface area contributed by atoms with Gasteiger partial charge < -0.3 is 10.1 Å². The number of halogens is 2. The summed E-state index contributed by atoms with van der Waals surface area (Å²) in [5, 5.41) is 4.16. The number of nitrogens with one attached hydrogen (secondary N) is 1. The van der Waals surface area contributed by atoms with Gasteiger partial charge in [0.15, 0.2) is 0 Å². The third kappa shape index (κ3) is 3.10. The van der Waals surface area contributed by atoms with Crippen molar-refractivity contribution in [3.63, 3.8) is 0 Å². The zero-order valence-corrected chi connectivity index (χ0v) is 14.2. The highest BCUT2D eigenvalue weighted by atomic mass is 79.9. The maximum absolute atomic E-state index is 6.33. The van der Waals surface area contributed by atoms with Gasteiger partial charge in [-0.15, -0.1) is 0 Å². The Bertz CT molecular complexity index is 659. The van der Waals surface area contributed by atoms with Crippen molar-refractivity contribution in [1.82, 2.24) is 5.32 Å². The van der Waals surface area contributed by atoms with E-state index in [2.05, 4.69) is 39.4 Å². The average Bonchev–Trinajstić information content (AvgIpc) is 2.93. The van der Waals surface area contributed by atoms with Crippen LogP contribution in [-0.4, -0.2) is 13.7 Å². The highest BCUT2D eigenvalue weighted by Gasteiger charge is 2.21. The van der Waals surface area contributed by atoms with Crippen LogP contribution in [0.2, 0.25) is 5.02 Å². The van der Waals surface area contributed by atoms with Crippen LogP contribution in [0.5, 0.6) is 5.75 Å². The molecule has 1 unspecified atom stereocenters. The molecular weight excluding hydrogens is 350 g/mol. The van der Waals surface area contributed by atoms with Crippen molar-refractivity contribution in [3.05, 3.63) is 62.6 Å². The molecule has 1 aliphatic rings. The molecule has 1 atom stereocenters. The van der Waals surface area contributed by atoms with Crippen LogP contribution in [0.15, 0.2) is 40.9 Å². The maximum atomic E-state index is 6.33. The van der Waals surface area contributed by atoms with Crippen molar-refractivity contribution in [2.75, 3.05) is 13.7 Å². The summed E-state index contributed by atoms with van der Waals surface area (Å²) in [6.45, 7) is 0.773. The van der Waals surface area contributed by atoms with Crippen LogP contribution in [0.25, 0.3) is 0 Å². The van der Waals surface area contributed by atoms with Crippen LogP contribution >= 0.6 is 27.5 Å². The van der Waals surface area contributed by atoms with Crippen LogP contribution in [0.3, 0.4) is 0 Å². The van der Waals surface area contributed by atoms with E-state index < -0.39 is 0 Å². The minimum absolute atomic E-state index is 0.168. The van der Waals surface area contributed by atoms with Crippen molar-refractivity contribution in [3.8, 4) is 5.75 Å². The second-order valence-electron chi connectivity index (χ2n) is 5.22. The Morgan fingerprint density at radius 2 is 2.14 bits per heavy atom. The molecule has 0 aliphatic carbocycles. The maximum Gasteiger partial charge on any atom is 0.125 e. The lowest BCUT2D eigenvalue weighted by Gasteiger charge is -2.19. The van der Waals surface area contributed by atoms with Crippen molar-refractivity contribution in [1.29, 1.82) is 0 Å². The molecule has 4 heteroatoms. The molecule has 0 saturated heterocycles. The van der Waals surface area contributed by atoms with Crippen LogP contribution in [0, 0.1) is 0 Å². The fraction of sp³-hybridized carbons (Fsp3) is 0.294. The molecule has 0 saturated carbocycles. The Morgan fingerprint density at radius 1 is 1.33 bits per heavy atom. The molecule has 0 aromatic heterocycles. The molecule has 2 nitrogen and oxygen atoms in total. The normalized spacial score (nSPS) is 14.6. The molecule has 21 heavy (non-hydrogen) atoms. The van der Waals surface area contributed by atoms with Gasteiger partial charge >= 0.3 is 0 Å². The predicted octanol–water partition coefficient (Wildman–Crippen LogP) is 4.54. The standard InChI is InChI=1S/C17H17BrClNO/c1-20-16(14-4-2-3-5-15(14)19)10-12-9-13(18)8-11-6-7-21-17(11)12/h2-5,8-9,16,20H,6-7,10H2,1H3. The Labute approximate surface area is 138 Å². The van der Waals surface area contributed by atoms with E-state index in [1.54, 1.807) is 0 Å². The van der Waals surface area contributed by atoms with Crippen LogP contribution in [-0.2, 0) is 12.8 Å². The first-order chi connectivity index (χ1) is 10.2. The van der Waals surface area contributed by atoms with Crippen LogP contribution in [0.4, 0.5) is 0 Å². The van der Waals surface area contributed by atoms with E-state index in [4.69, 9.17) is 16.3 Å². The summed E-state index contributed by atoms with van der Waals surface area (Å²) in [7, 11) is 1.97. The third-order valence-electron chi connectivity index (χ3n) is 3.88. The summed E-state index contributed by atoms with van der Waals surface area (Å²) in [5.74, 6) is 1.05. The molecule has 0 fully saturated rings. The number of hydrogen-bond acceptors (Lipinski definition) is 2. The van der Waals surface area contributed by atoms with Gasteiger partial charge in [-0.2, -0.15) is 0 Å². The van der Waals surface area contributed by atoms with E-state index in [9.17, 15) is 0 Å². The van der Waals surface area contributed by atoms with E-state index >= 15 is 0 Å². The van der Waals surface area contributed by atoms with Gasteiger partial charge in [-0.05, 0) is 48.4 Å². The number of likely N-dealkylation sites (N-methyl/N-ethyl adjacent to an activating group) is 1. The molecule has 3 rings (SSSR count). The first kappa shape index (κ1) is 14.9. The molecule has 110 valence electrons. The lowest BCUT2D eigenvalue weighted by atomic mass is 9.97. The second-order valence-corrected chi connectivity index (χ2v) is 6.54. The molecule has 0 bridgehead atoms. The molecule has 0 radical (unpaired) electrons. The molecule has 0 amide bonds. The summed E-state index contributed by atoms with van der Waals surface area (Å²) in [6.07, 6.45) is 1.83. The Kier molecular flexibility index (Phi) is 4.53. The van der Waals surface area contributed by atoms with Gasteiger partial charge in [0.1, 0.15) is 5.75 Å². The number of ether oxygens (including phenoxy) is 1. The van der Waals surface area contributed by atoms with Crippen LogP contribution in [0.1, 0.15) is 22.7 Å². The van der Waals surface area contributed by atoms with Gasteiger partial charge in [-0.1, -0.05) is 45.7 Å². The topological polar surface area (TPSA) is 21.3 Å². The number of fused-ring (bicyclic) bond motifs is 1. The zero-order chi connectivity index (χ0) is 14.8. The highest BCUT2D eigenvalue weighted by Crippen LogP contribution is 2.36. The largest absolute Gasteiger partial charge is 0.493 e. The molecule has 1 aliphatic heterocycles. The van der Waals surface area contributed by atoms with Crippen molar-refractivity contribution in [2.45, 2.75) is 18.9 Å². The Morgan fingerprint density at radius 3 is 2.90 bits per heavy atom. The summed E-state index contributed by atoms with van der Waals surface area (Å²) >= 11 is 9.93. The van der Waals surface area contributed by atoms with E-state index in [1.807, 2.05) is 25.2 Å². The molecule has 1 N–H and O–H groups in total. The first-order valence-electron chi connectivity index (χ1n) is 7.05. The fourth-order valence-electron chi connectivity index (χ4n) is 2.84. The quantitative estimate of drug-likeness (QED) is 0.857. The lowest BCUT2D eigenvalue weighted by molar-refractivity contribution is 0.352. The molecule has 1 heterocycles. The summed E-state index contributed by atoms with van der Waals surface area (Å²) < 4.78 is 6.92. The van der Waals surface area contributed by atoms with E-state index in [0.29, 0.717) is 0 Å². The van der Waals surface area contributed by atoms with E-state index in [-0.39, 0.29) is 6.04 Å². The molecular formula is C17H17BrClNO. The van der Waals surface area contributed by atoms with E-state index in [1.165, 1.54) is 11.1 Å². The predicted molar refractivity (Wildman–Crippen MR) is 90.3 cm³/mol.